The molecule has 1 aliphatic rings. The molecule has 1 aromatic heterocycles. The molecule has 0 unspecified atom stereocenters. The molecule has 0 aliphatic carbocycles. The molecule has 0 saturated carbocycles. The van der Waals surface area contributed by atoms with Crippen LogP contribution in [0.25, 0.3) is 10.9 Å². The fourth-order valence-corrected chi connectivity index (χ4v) is 3.39. The number of halogens is 1. The van der Waals surface area contributed by atoms with Gasteiger partial charge in [-0.15, -0.1) is 0 Å². The lowest BCUT2D eigenvalue weighted by Crippen LogP contribution is -2.41. The van der Waals surface area contributed by atoms with E-state index in [4.69, 9.17) is 4.74 Å². The van der Waals surface area contributed by atoms with Gasteiger partial charge in [0.1, 0.15) is 11.5 Å². The van der Waals surface area contributed by atoms with E-state index >= 15 is 0 Å². The van der Waals surface area contributed by atoms with Gasteiger partial charge in [-0.3, -0.25) is 14.5 Å². The summed E-state index contributed by atoms with van der Waals surface area (Å²) in [5.74, 6) is -0.768. The molecule has 0 spiro atoms. The summed E-state index contributed by atoms with van der Waals surface area (Å²) >= 11 is 0. The molecule has 134 valence electrons. The molecule has 6 nitrogen and oxygen atoms in total. The maximum absolute atomic E-state index is 13.2. The number of H-pyrrole nitrogens is 1. The lowest BCUT2D eigenvalue weighted by atomic mass is 10.1. The number of hydrogen-bond donors (Lipinski definition) is 2. The summed E-state index contributed by atoms with van der Waals surface area (Å²) in [6, 6.07) is 6.33. The highest BCUT2D eigenvalue weighted by Crippen LogP contribution is 2.24. The van der Waals surface area contributed by atoms with Crippen molar-refractivity contribution < 1.29 is 18.7 Å². The maximum atomic E-state index is 13.2. The second-order valence-electron chi connectivity index (χ2n) is 6.46. The summed E-state index contributed by atoms with van der Waals surface area (Å²) in [5.41, 5.74) is 1.13. The normalized spacial score (nSPS) is 20.8. The van der Waals surface area contributed by atoms with E-state index in [2.05, 4.69) is 15.2 Å². The van der Waals surface area contributed by atoms with Gasteiger partial charge in [-0.05, 0) is 44.2 Å². The van der Waals surface area contributed by atoms with Crippen molar-refractivity contribution in [3.8, 4) is 0 Å². The number of aromatic nitrogens is 1. The average Bonchev–Trinajstić information content (AvgIpc) is 3.16. The van der Waals surface area contributed by atoms with E-state index in [9.17, 15) is 14.0 Å². The topological polar surface area (TPSA) is 74.4 Å². The number of carbonyl (C=O) groups excluding carboxylic acids is 2. The molecule has 2 aromatic rings. The second-order valence-corrected chi connectivity index (χ2v) is 6.46. The molecule has 7 heteroatoms. The highest BCUT2D eigenvalue weighted by molar-refractivity contribution is 5.98. The number of likely N-dealkylation sites (tertiary alicyclic amines) is 1. The molecule has 2 heterocycles. The van der Waals surface area contributed by atoms with Gasteiger partial charge >= 0.3 is 5.97 Å². The van der Waals surface area contributed by atoms with Crippen molar-refractivity contribution in [3.63, 3.8) is 0 Å². The van der Waals surface area contributed by atoms with Crippen LogP contribution < -0.4 is 5.32 Å². The zero-order chi connectivity index (χ0) is 18.0. The van der Waals surface area contributed by atoms with Crippen LogP contribution in [0.5, 0.6) is 0 Å². The predicted octanol–water partition coefficient (Wildman–Crippen LogP) is 2.06. The molecule has 2 atom stereocenters. The summed E-state index contributed by atoms with van der Waals surface area (Å²) in [5, 5.41) is 3.58. The third kappa shape index (κ3) is 3.82. The number of rotatable bonds is 5. The lowest BCUT2D eigenvalue weighted by molar-refractivity contribution is -0.141. The SMILES string of the molecule is COC(=O)C[C@H]1CC[C@@H](CNC(=O)c2cc3cc(F)ccc3[nH]2)N1C. The highest BCUT2D eigenvalue weighted by atomic mass is 19.1. The second kappa shape index (κ2) is 7.23. The summed E-state index contributed by atoms with van der Waals surface area (Å²) in [7, 11) is 3.35. The summed E-state index contributed by atoms with van der Waals surface area (Å²) < 4.78 is 18.0. The zero-order valence-electron chi connectivity index (χ0n) is 14.3. The van der Waals surface area contributed by atoms with E-state index in [1.807, 2.05) is 7.05 Å². The number of amides is 1. The van der Waals surface area contributed by atoms with Crippen molar-refractivity contribution in [2.45, 2.75) is 31.3 Å². The van der Waals surface area contributed by atoms with E-state index < -0.39 is 0 Å². The molecule has 1 aromatic carbocycles. The molecular formula is C18H22FN3O3. The van der Waals surface area contributed by atoms with Crippen LogP contribution in [0.3, 0.4) is 0 Å². The predicted molar refractivity (Wildman–Crippen MR) is 91.8 cm³/mol. The van der Waals surface area contributed by atoms with Crippen LogP contribution in [0.2, 0.25) is 0 Å². The van der Waals surface area contributed by atoms with E-state index in [0.29, 0.717) is 24.0 Å². The maximum Gasteiger partial charge on any atom is 0.307 e. The van der Waals surface area contributed by atoms with Gasteiger partial charge < -0.3 is 15.0 Å². The Labute approximate surface area is 145 Å². The molecule has 3 rings (SSSR count). The first-order valence-electron chi connectivity index (χ1n) is 8.33. The number of fused-ring (bicyclic) bond motifs is 1. The van der Waals surface area contributed by atoms with Crippen LogP contribution in [0.4, 0.5) is 4.39 Å². The number of hydrogen-bond acceptors (Lipinski definition) is 4. The van der Waals surface area contributed by atoms with Crippen molar-refractivity contribution in [3.05, 3.63) is 35.8 Å². The van der Waals surface area contributed by atoms with Gasteiger partial charge in [-0.2, -0.15) is 0 Å². The molecule has 1 aliphatic heterocycles. The minimum absolute atomic E-state index is 0.144. The molecular weight excluding hydrogens is 325 g/mol. The number of nitrogens with one attached hydrogen (secondary N) is 2. The molecule has 2 N–H and O–H groups in total. The number of likely N-dealkylation sites (N-methyl/N-ethyl adjacent to an activating group) is 1. The molecule has 1 amide bonds. The van der Waals surface area contributed by atoms with Crippen molar-refractivity contribution in [1.29, 1.82) is 0 Å². The molecule has 1 fully saturated rings. The van der Waals surface area contributed by atoms with Gasteiger partial charge in [0.05, 0.1) is 13.5 Å². The minimum atomic E-state index is -0.331. The number of benzene rings is 1. The number of nitrogens with zero attached hydrogens (tertiary/aromatic N) is 1. The lowest BCUT2D eigenvalue weighted by Gasteiger charge is -2.25. The standard InChI is InChI=1S/C18H22FN3O3/c1-22-13(9-17(23)25-2)4-5-14(22)10-20-18(24)16-8-11-7-12(19)3-6-15(11)21-16/h3,6-8,13-14,21H,4-5,9-10H2,1-2H3,(H,20,24)/t13-,14+/m1/s1. The Morgan fingerprint density at radius 2 is 2.08 bits per heavy atom. The number of carbonyl (C=O) groups is 2. The first-order chi connectivity index (χ1) is 12.0. The first kappa shape index (κ1) is 17.4. The minimum Gasteiger partial charge on any atom is -0.469 e. The smallest absolute Gasteiger partial charge is 0.307 e. The zero-order valence-corrected chi connectivity index (χ0v) is 14.3. The van der Waals surface area contributed by atoms with E-state index in [1.54, 1.807) is 12.1 Å². The van der Waals surface area contributed by atoms with E-state index in [0.717, 1.165) is 18.4 Å². The molecule has 25 heavy (non-hydrogen) atoms. The largest absolute Gasteiger partial charge is 0.469 e. The average molecular weight is 347 g/mol. The Morgan fingerprint density at radius 1 is 1.32 bits per heavy atom. The summed E-state index contributed by atoms with van der Waals surface area (Å²) in [4.78, 5) is 28.9. The Balaban J connectivity index is 1.57. The summed E-state index contributed by atoms with van der Waals surface area (Å²) in [6.07, 6.45) is 2.18. The van der Waals surface area contributed by atoms with Crippen LogP contribution in [-0.2, 0) is 9.53 Å². The highest BCUT2D eigenvalue weighted by Gasteiger charge is 2.32. The Kier molecular flexibility index (Phi) is 5.03. The fraction of sp³-hybridized carbons (Fsp3) is 0.444. The third-order valence-electron chi connectivity index (χ3n) is 4.94. The Bertz CT molecular complexity index is 789. The first-order valence-corrected chi connectivity index (χ1v) is 8.33. The summed E-state index contributed by atoms with van der Waals surface area (Å²) in [6.45, 7) is 0.497. The van der Waals surface area contributed by atoms with Crippen molar-refractivity contribution >= 4 is 22.8 Å². The van der Waals surface area contributed by atoms with E-state index in [1.165, 1.54) is 19.2 Å². The Hall–Kier alpha value is -2.41. The molecule has 1 saturated heterocycles. The van der Waals surface area contributed by atoms with Crippen LogP contribution in [0.15, 0.2) is 24.3 Å². The molecule has 0 radical (unpaired) electrons. The van der Waals surface area contributed by atoms with Gasteiger partial charge in [0.25, 0.3) is 5.91 Å². The van der Waals surface area contributed by atoms with Crippen molar-refractivity contribution in [2.75, 3.05) is 20.7 Å². The van der Waals surface area contributed by atoms with Crippen LogP contribution >= 0.6 is 0 Å². The van der Waals surface area contributed by atoms with Gasteiger partial charge in [-0.1, -0.05) is 0 Å². The number of aromatic amines is 1. The van der Waals surface area contributed by atoms with Crippen molar-refractivity contribution in [2.24, 2.45) is 0 Å². The van der Waals surface area contributed by atoms with Gasteiger partial charge in [0, 0.05) is 29.5 Å². The van der Waals surface area contributed by atoms with Gasteiger partial charge in [0.15, 0.2) is 0 Å². The van der Waals surface area contributed by atoms with E-state index in [-0.39, 0.29) is 29.8 Å². The third-order valence-corrected chi connectivity index (χ3v) is 4.94. The van der Waals surface area contributed by atoms with Crippen LogP contribution in [0.1, 0.15) is 29.8 Å². The fourth-order valence-electron chi connectivity index (χ4n) is 3.39. The van der Waals surface area contributed by atoms with Gasteiger partial charge in [-0.25, -0.2) is 4.39 Å². The van der Waals surface area contributed by atoms with Crippen LogP contribution in [-0.4, -0.2) is 54.5 Å². The van der Waals surface area contributed by atoms with Crippen LogP contribution in [0, 0.1) is 5.82 Å². The monoisotopic (exact) mass is 347 g/mol. The van der Waals surface area contributed by atoms with Gasteiger partial charge in [0.2, 0.25) is 0 Å². The number of methoxy groups -OCH3 is 1. The van der Waals surface area contributed by atoms with Crippen molar-refractivity contribution in [1.82, 2.24) is 15.2 Å². The Morgan fingerprint density at radius 3 is 2.84 bits per heavy atom. The quantitative estimate of drug-likeness (QED) is 0.812. The number of esters is 1. The number of ether oxygens (including phenoxy) is 1. The molecule has 0 bridgehead atoms.